The number of hydrogen-bond donors (Lipinski definition) is 1. The smallest absolute Gasteiger partial charge is 0.336 e. The minimum Gasteiger partial charge on any atom is -0.478 e. The molecular weight excluding hydrogens is 262 g/mol. The second kappa shape index (κ2) is 4.51. The Labute approximate surface area is 113 Å². The normalized spacial score (nSPS) is 13.7. The van der Waals surface area contributed by atoms with E-state index in [4.69, 9.17) is 5.11 Å². The van der Waals surface area contributed by atoms with Crippen LogP contribution >= 0.6 is 11.3 Å². The summed E-state index contributed by atoms with van der Waals surface area (Å²) in [7, 11) is 0. The zero-order chi connectivity index (χ0) is 13.4. The molecule has 4 nitrogen and oxygen atoms in total. The van der Waals surface area contributed by atoms with E-state index < -0.39 is 5.97 Å². The van der Waals surface area contributed by atoms with Crippen molar-refractivity contribution in [1.29, 1.82) is 0 Å². The third-order valence-corrected chi connectivity index (χ3v) is 4.03. The first kappa shape index (κ1) is 11.9. The van der Waals surface area contributed by atoms with Gasteiger partial charge in [0, 0.05) is 11.4 Å². The first-order chi connectivity index (χ1) is 9.16. The summed E-state index contributed by atoms with van der Waals surface area (Å²) in [5.74, 6) is -1.25. The van der Waals surface area contributed by atoms with Crippen LogP contribution in [0.15, 0.2) is 35.7 Å². The van der Waals surface area contributed by atoms with Gasteiger partial charge >= 0.3 is 5.97 Å². The largest absolute Gasteiger partial charge is 0.478 e. The number of hydrogen-bond acceptors (Lipinski definition) is 3. The number of carboxylic acids is 1. The first-order valence-electron chi connectivity index (χ1n) is 5.83. The predicted molar refractivity (Wildman–Crippen MR) is 71.3 cm³/mol. The molecule has 0 aliphatic carbocycles. The highest BCUT2D eigenvalue weighted by Crippen LogP contribution is 2.28. The van der Waals surface area contributed by atoms with Gasteiger partial charge in [0.15, 0.2) is 0 Å². The standard InChI is InChI=1S/C14H11NO3S/c16-13-12-9(3-1-5-11(12)14(17)18)7-15(13)8-10-4-2-6-19-10/h1-6H,7-8H2,(H,17,18). The molecule has 1 N–H and O–H groups in total. The van der Waals surface area contributed by atoms with Gasteiger partial charge in [-0.2, -0.15) is 0 Å². The Kier molecular flexibility index (Phi) is 2.83. The van der Waals surface area contributed by atoms with E-state index in [0.717, 1.165) is 10.4 Å². The van der Waals surface area contributed by atoms with Gasteiger partial charge in [-0.25, -0.2) is 4.79 Å². The van der Waals surface area contributed by atoms with E-state index in [2.05, 4.69) is 0 Å². The average Bonchev–Trinajstić information content (AvgIpc) is 2.99. The van der Waals surface area contributed by atoms with Gasteiger partial charge in [0.1, 0.15) is 0 Å². The van der Waals surface area contributed by atoms with E-state index in [0.29, 0.717) is 18.7 Å². The fourth-order valence-corrected chi connectivity index (χ4v) is 3.04. The summed E-state index contributed by atoms with van der Waals surface area (Å²) in [6.07, 6.45) is 0. The van der Waals surface area contributed by atoms with E-state index in [-0.39, 0.29) is 11.5 Å². The van der Waals surface area contributed by atoms with Gasteiger partial charge < -0.3 is 10.0 Å². The zero-order valence-corrected chi connectivity index (χ0v) is 10.8. The van der Waals surface area contributed by atoms with E-state index >= 15 is 0 Å². The van der Waals surface area contributed by atoms with Crippen molar-refractivity contribution in [3.63, 3.8) is 0 Å². The molecule has 1 amide bonds. The number of carboxylic acid groups (broad SMARTS) is 1. The van der Waals surface area contributed by atoms with Gasteiger partial charge in [0.2, 0.25) is 0 Å². The number of rotatable bonds is 3. The van der Waals surface area contributed by atoms with E-state index in [1.165, 1.54) is 6.07 Å². The Morgan fingerprint density at radius 1 is 1.32 bits per heavy atom. The van der Waals surface area contributed by atoms with Gasteiger partial charge in [0.05, 0.1) is 17.7 Å². The predicted octanol–water partition coefficient (Wildman–Crippen LogP) is 2.60. The maximum absolute atomic E-state index is 12.3. The maximum atomic E-state index is 12.3. The summed E-state index contributed by atoms with van der Waals surface area (Å²) < 4.78 is 0. The van der Waals surface area contributed by atoms with Crippen LogP contribution in [0.2, 0.25) is 0 Å². The van der Waals surface area contributed by atoms with Crippen molar-refractivity contribution >= 4 is 23.2 Å². The fraction of sp³-hybridized carbons (Fsp3) is 0.143. The van der Waals surface area contributed by atoms with Crippen molar-refractivity contribution in [1.82, 2.24) is 4.90 Å². The van der Waals surface area contributed by atoms with Gasteiger partial charge in [-0.3, -0.25) is 4.79 Å². The van der Waals surface area contributed by atoms with Crippen LogP contribution in [0.25, 0.3) is 0 Å². The zero-order valence-electron chi connectivity index (χ0n) is 10.00. The van der Waals surface area contributed by atoms with Gasteiger partial charge in [-0.05, 0) is 23.1 Å². The van der Waals surface area contributed by atoms with Crippen LogP contribution in [0.5, 0.6) is 0 Å². The fourth-order valence-electron chi connectivity index (χ4n) is 2.32. The number of carbonyl (C=O) groups excluding carboxylic acids is 1. The highest BCUT2D eigenvalue weighted by molar-refractivity contribution is 7.09. The number of carbonyl (C=O) groups is 2. The Bertz CT molecular complexity index is 649. The molecule has 1 aromatic heterocycles. The molecule has 2 heterocycles. The van der Waals surface area contributed by atoms with Crippen LogP contribution in [-0.4, -0.2) is 21.9 Å². The molecule has 0 fully saturated rings. The number of benzene rings is 1. The molecule has 1 aromatic carbocycles. The summed E-state index contributed by atoms with van der Waals surface area (Å²) >= 11 is 1.59. The quantitative estimate of drug-likeness (QED) is 0.935. The Morgan fingerprint density at radius 3 is 2.84 bits per heavy atom. The molecule has 0 atom stereocenters. The number of nitrogens with zero attached hydrogens (tertiary/aromatic N) is 1. The van der Waals surface area contributed by atoms with Gasteiger partial charge in [-0.15, -0.1) is 11.3 Å². The Hall–Kier alpha value is -2.14. The molecule has 0 saturated carbocycles. The van der Waals surface area contributed by atoms with Crippen LogP contribution in [0.1, 0.15) is 31.2 Å². The van der Waals surface area contributed by atoms with Gasteiger partial charge in [0.25, 0.3) is 5.91 Å². The third kappa shape index (κ3) is 2.02. The number of amides is 1. The molecule has 0 unspecified atom stereocenters. The van der Waals surface area contributed by atoms with Crippen LogP contribution in [-0.2, 0) is 13.1 Å². The molecule has 0 spiro atoms. The minimum absolute atomic E-state index is 0.0937. The minimum atomic E-state index is -1.05. The summed E-state index contributed by atoms with van der Waals surface area (Å²) in [4.78, 5) is 26.3. The van der Waals surface area contributed by atoms with Crippen molar-refractivity contribution in [3.8, 4) is 0 Å². The summed E-state index contributed by atoms with van der Waals surface area (Å²) in [5.41, 5.74) is 1.23. The number of fused-ring (bicyclic) bond motifs is 1. The summed E-state index contributed by atoms with van der Waals surface area (Å²) in [5, 5.41) is 11.1. The molecule has 96 valence electrons. The third-order valence-electron chi connectivity index (χ3n) is 3.17. The molecule has 5 heteroatoms. The lowest BCUT2D eigenvalue weighted by atomic mass is 10.0. The second-order valence-corrected chi connectivity index (χ2v) is 5.42. The van der Waals surface area contributed by atoms with Crippen molar-refractivity contribution in [2.45, 2.75) is 13.1 Å². The molecule has 1 aliphatic rings. The van der Waals surface area contributed by atoms with Crippen LogP contribution < -0.4 is 0 Å². The molecule has 1 aliphatic heterocycles. The molecule has 0 radical (unpaired) electrons. The summed E-state index contributed by atoms with van der Waals surface area (Å²) in [6, 6.07) is 8.89. The molecule has 0 saturated heterocycles. The van der Waals surface area contributed by atoms with Gasteiger partial charge in [-0.1, -0.05) is 18.2 Å². The molecule has 3 rings (SSSR count). The average molecular weight is 273 g/mol. The van der Waals surface area contributed by atoms with Crippen molar-refractivity contribution in [2.24, 2.45) is 0 Å². The molecule has 2 aromatic rings. The topological polar surface area (TPSA) is 57.6 Å². The molecule has 19 heavy (non-hydrogen) atoms. The van der Waals surface area contributed by atoms with Crippen molar-refractivity contribution < 1.29 is 14.7 Å². The van der Waals surface area contributed by atoms with Crippen LogP contribution in [0.3, 0.4) is 0 Å². The van der Waals surface area contributed by atoms with E-state index in [1.807, 2.05) is 23.6 Å². The Balaban J connectivity index is 1.94. The lowest BCUT2D eigenvalue weighted by Crippen LogP contribution is -2.23. The number of aromatic carboxylic acids is 1. The monoisotopic (exact) mass is 273 g/mol. The highest BCUT2D eigenvalue weighted by Gasteiger charge is 2.31. The van der Waals surface area contributed by atoms with Crippen molar-refractivity contribution in [2.75, 3.05) is 0 Å². The van der Waals surface area contributed by atoms with E-state index in [1.54, 1.807) is 22.3 Å². The lowest BCUT2D eigenvalue weighted by Gasteiger charge is -2.14. The Morgan fingerprint density at radius 2 is 2.16 bits per heavy atom. The molecular formula is C14H11NO3S. The van der Waals surface area contributed by atoms with Crippen LogP contribution in [0, 0.1) is 0 Å². The first-order valence-corrected chi connectivity index (χ1v) is 6.71. The SMILES string of the molecule is O=C(O)c1cccc2c1C(=O)N(Cc1cccs1)C2. The lowest BCUT2D eigenvalue weighted by molar-refractivity contribution is 0.0681. The van der Waals surface area contributed by atoms with Crippen LogP contribution in [0.4, 0.5) is 0 Å². The highest BCUT2D eigenvalue weighted by atomic mass is 32.1. The second-order valence-electron chi connectivity index (χ2n) is 4.39. The summed E-state index contributed by atoms with van der Waals surface area (Å²) in [6.45, 7) is 1.01. The van der Waals surface area contributed by atoms with E-state index in [9.17, 15) is 9.59 Å². The molecule has 0 bridgehead atoms. The van der Waals surface area contributed by atoms with Crippen molar-refractivity contribution in [3.05, 3.63) is 57.3 Å². The maximum Gasteiger partial charge on any atom is 0.336 e. The number of thiophene rings is 1.